The molecule has 1 saturated heterocycles. The standard InChI is InChI=1S/C16H20N2O4/c1-22-10-18-14-5-4-13(7-12(14)8-15(18)19)17-6-2-3-11(9-17)16(20)21/h4-5,7,11H,2-3,6,8-10H2,1H3,(H,20,21). The molecule has 1 fully saturated rings. The molecule has 0 spiro atoms. The first-order valence-electron chi connectivity index (χ1n) is 7.50. The van der Waals surface area contributed by atoms with E-state index >= 15 is 0 Å². The minimum Gasteiger partial charge on any atom is -0.481 e. The van der Waals surface area contributed by atoms with Gasteiger partial charge in [-0.15, -0.1) is 0 Å². The highest BCUT2D eigenvalue weighted by atomic mass is 16.5. The maximum atomic E-state index is 12.0. The number of carbonyl (C=O) groups excluding carboxylic acids is 1. The van der Waals surface area contributed by atoms with Gasteiger partial charge in [0.25, 0.3) is 0 Å². The number of methoxy groups -OCH3 is 1. The van der Waals surface area contributed by atoms with E-state index in [1.54, 1.807) is 12.0 Å². The van der Waals surface area contributed by atoms with Crippen molar-refractivity contribution in [1.29, 1.82) is 0 Å². The van der Waals surface area contributed by atoms with Crippen molar-refractivity contribution >= 4 is 23.3 Å². The molecule has 0 radical (unpaired) electrons. The zero-order chi connectivity index (χ0) is 15.7. The van der Waals surface area contributed by atoms with Crippen LogP contribution in [0.2, 0.25) is 0 Å². The lowest BCUT2D eigenvalue weighted by Gasteiger charge is -2.32. The quantitative estimate of drug-likeness (QED) is 0.912. The van der Waals surface area contributed by atoms with Gasteiger partial charge in [0.15, 0.2) is 0 Å². The van der Waals surface area contributed by atoms with Crippen LogP contribution in [0.5, 0.6) is 0 Å². The van der Waals surface area contributed by atoms with Crippen LogP contribution in [0.15, 0.2) is 18.2 Å². The molecule has 1 amide bonds. The predicted octanol–water partition coefficient (Wildman–Crippen LogP) is 1.48. The highest BCUT2D eigenvalue weighted by Crippen LogP contribution is 2.33. The van der Waals surface area contributed by atoms with Gasteiger partial charge < -0.3 is 14.7 Å². The first kappa shape index (κ1) is 14.8. The fourth-order valence-corrected chi connectivity index (χ4v) is 3.25. The number of anilines is 2. The first-order chi connectivity index (χ1) is 10.6. The predicted molar refractivity (Wildman–Crippen MR) is 82.1 cm³/mol. The van der Waals surface area contributed by atoms with Gasteiger partial charge in [-0.2, -0.15) is 0 Å². The van der Waals surface area contributed by atoms with E-state index in [2.05, 4.69) is 4.90 Å². The summed E-state index contributed by atoms with van der Waals surface area (Å²) < 4.78 is 5.07. The molecule has 2 aliphatic rings. The van der Waals surface area contributed by atoms with Gasteiger partial charge in [0.05, 0.1) is 12.3 Å². The number of carboxylic acids is 1. The lowest BCUT2D eigenvalue weighted by Crippen LogP contribution is -2.38. The minimum atomic E-state index is -0.729. The molecule has 2 heterocycles. The second-order valence-electron chi connectivity index (χ2n) is 5.85. The van der Waals surface area contributed by atoms with Gasteiger partial charge in [-0.3, -0.25) is 14.5 Å². The summed E-state index contributed by atoms with van der Waals surface area (Å²) >= 11 is 0. The molecular weight excluding hydrogens is 284 g/mol. The lowest BCUT2D eigenvalue weighted by molar-refractivity contribution is -0.142. The van der Waals surface area contributed by atoms with E-state index in [4.69, 9.17) is 4.74 Å². The topological polar surface area (TPSA) is 70.1 Å². The van der Waals surface area contributed by atoms with Gasteiger partial charge in [0.2, 0.25) is 5.91 Å². The zero-order valence-corrected chi connectivity index (χ0v) is 12.6. The highest BCUT2D eigenvalue weighted by Gasteiger charge is 2.29. The van der Waals surface area contributed by atoms with Crippen LogP contribution in [0.1, 0.15) is 18.4 Å². The SMILES string of the molecule is COCN1C(=O)Cc2cc(N3CCCC(C(=O)O)C3)ccc21. The van der Waals surface area contributed by atoms with E-state index in [-0.39, 0.29) is 18.6 Å². The van der Waals surface area contributed by atoms with Crippen molar-refractivity contribution in [2.75, 3.05) is 36.7 Å². The number of aliphatic carboxylic acids is 1. The Morgan fingerprint density at radius 2 is 2.27 bits per heavy atom. The third-order valence-corrected chi connectivity index (χ3v) is 4.39. The Bertz CT molecular complexity index is 602. The molecule has 0 aromatic heterocycles. The summed E-state index contributed by atoms with van der Waals surface area (Å²) in [4.78, 5) is 26.9. The van der Waals surface area contributed by atoms with Gasteiger partial charge in [0.1, 0.15) is 6.73 Å². The summed E-state index contributed by atoms with van der Waals surface area (Å²) in [6.07, 6.45) is 1.99. The average Bonchev–Trinajstić information content (AvgIpc) is 2.83. The van der Waals surface area contributed by atoms with Gasteiger partial charge in [-0.25, -0.2) is 0 Å². The van der Waals surface area contributed by atoms with Crippen molar-refractivity contribution in [3.05, 3.63) is 23.8 Å². The van der Waals surface area contributed by atoms with E-state index in [1.165, 1.54) is 0 Å². The number of ether oxygens (including phenoxy) is 1. The molecule has 1 N–H and O–H groups in total. The second kappa shape index (κ2) is 5.96. The molecule has 1 aromatic rings. The summed E-state index contributed by atoms with van der Waals surface area (Å²) in [7, 11) is 1.57. The van der Waals surface area contributed by atoms with Crippen LogP contribution in [0, 0.1) is 5.92 Å². The molecule has 1 aromatic carbocycles. The number of carboxylic acid groups (broad SMARTS) is 1. The molecule has 22 heavy (non-hydrogen) atoms. The Morgan fingerprint density at radius 1 is 1.45 bits per heavy atom. The van der Waals surface area contributed by atoms with E-state index in [0.29, 0.717) is 13.0 Å². The lowest BCUT2D eigenvalue weighted by atomic mass is 9.97. The van der Waals surface area contributed by atoms with Crippen LogP contribution in [0.4, 0.5) is 11.4 Å². The van der Waals surface area contributed by atoms with Crippen molar-refractivity contribution in [3.63, 3.8) is 0 Å². The van der Waals surface area contributed by atoms with Crippen molar-refractivity contribution < 1.29 is 19.4 Å². The average molecular weight is 304 g/mol. The summed E-state index contributed by atoms with van der Waals surface area (Å²) in [5.74, 6) is -1.00. The fraction of sp³-hybridized carbons (Fsp3) is 0.500. The molecule has 3 rings (SSSR count). The minimum absolute atomic E-state index is 0.0380. The van der Waals surface area contributed by atoms with Crippen LogP contribution < -0.4 is 9.80 Å². The maximum Gasteiger partial charge on any atom is 0.308 e. The van der Waals surface area contributed by atoms with Gasteiger partial charge >= 0.3 is 5.97 Å². The number of piperidine rings is 1. The largest absolute Gasteiger partial charge is 0.481 e. The van der Waals surface area contributed by atoms with Crippen LogP contribution >= 0.6 is 0 Å². The van der Waals surface area contributed by atoms with Crippen molar-refractivity contribution in [2.45, 2.75) is 19.3 Å². The Morgan fingerprint density at radius 3 is 3.00 bits per heavy atom. The third kappa shape index (κ3) is 2.66. The molecule has 6 nitrogen and oxygen atoms in total. The number of amides is 1. The summed E-state index contributed by atoms with van der Waals surface area (Å²) in [5.41, 5.74) is 2.87. The van der Waals surface area contributed by atoms with Crippen molar-refractivity contribution in [1.82, 2.24) is 0 Å². The number of carbonyl (C=O) groups is 2. The Labute approximate surface area is 129 Å². The Kier molecular flexibility index (Phi) is 4.02. The molecule has 0 bridgehead atoms. The zero-order valence-electron chi connectivity index (χ0n) is 12.6. The van der Waals surface area contributed by atoms with E-state index in [0.717, 1.165) is 36.3 Å². The molecule has 1 unspecified atom stereocenters. The second-order valence-corrected chi connectivity index (χ2v) is 5.85. The molecule has 118 valence electrons. The maximum absolute atomic E-state index is 12.0. The number of benzene rings is 1. The number of hydrogen-bond acceptors (Lipinski definition) is 4. The van der Waals surface area contributed by atoms with Gasteiger partial charge in [-0.05, 0) is 36.6 Å². The normalized spacial score (nSPS) is 21.1. The van der Waals surface area contributed by atoms with Crippen LogP contribution in [0.25, 0.3) is 0 Å². The summed E-state index contributed by atoms with van der Waals surface area (Å²) in [5, 5.41) is 9.19. The van der Waals surface area contributed by atoms with E-state index in [9.17, 15) is 14.7 Å². The van der Waals surface area contributed by atoms with Gasteiger partial charge in [-0.1, -0.05) is 0 Å². The first-order valence-corrected chi connectivity index (χ1v) is 7.50. The van der Waals surface area contributed by atoms with Crippen LogP contribution in [-0.2, 0) is 20.7 Å². The molecule has 6 heteroatoms. The van der Waals surface area contributed by atoms with Crippen molar-refractivity contribution in [3.8, 4) is 0 Å². The smallest absolute Gasteiger partial charge is 0.308 e. The number of fused-ring (bicyclic) bond motifs is 1. The highest BCUT2D eigenvalue weighted by molar-refractivity contribution is 6.01. The van der Waals surface area contributed by atoms with E-state index < -0.39 is 5.97 Å². The van der Waals surface area contributed by atoms with Crippen molar-refractivity contribution in [2.24, 2.45) is 5.92 Å². The third-order valence-electron chi connectivity index (χ3n) is 4.39. The fourth-order valence-electron chi connectivity index (χ4n) is 3.25. The summed E-state index contributed by atoms with van der Waals surface area (Å²) in [6, 6.07) is 5.90. The monoisotopic (exact) mass is 304 g/mol. The number of nitrogens with zero attached hydrogens (tertiary/aromatic N) is 2. The van der Waals surface area contributed by atoms with E-state index in [1.807, 2.05) is 18.2 Å². The number of rotatable bonds is 4. The van der Waals surface area contributed by atoms with Crippen LogP contribution in [-0.4, -0.2) is 43.9 Å². The molecule has 0 aliphatic carbocycles. The number of hydrogen-bond donors (Lipinski definition) is 1. The molecular formula is C16H20N2O4. The van der Waals surface area contributed by atoms with Gasteiger partial charge in [0, 0.05) is 31.6 Å². The Hall–Kier alpha value is -2.08. The molecule has 2 aliphatic heterocycles. The van der Waals surface area contributed by atoms with Crippen LogP contribution in [0.3, 0.4) is 0 Å². The summed E-state index contributed by atoms with van der Waals surface area (Å²) in [6.45, 7) is 1.65. The molecule has 0 saturated carbocycles. The molecule has 1 atom stereocenters. The Balaban J connectivity index is 1.81.